The lowest BCUT2D eigenvalue weighted by molar-refractivity contribution is 0.102. The first-order chi connectivity index (χ1) is 12.6. The normalized spacial score (nSPS) is 13.2. The van der Waals surface area contributed by atoms with Crippen LogP contribution in [0.1, 0.15) is 10.4 Å². The van der Waals surface area contributed by atoms with E-state index in [2.05, 4.69) is 10.3 Å². The van der Waals surface area contributed by atoms with Crippen LogP contribution in [0.5, 0.6) is 11.5 Å². The number of ether oxygens (including phenoxy) is 2. The van der Waals surface area contributed by atoms with E-state index in [1.54, 1.807) is 18.2 Å². The quantitative estimate of drug-likeness (QED) is 0.654. The molecule has 3 aromatic rings. The maximum Gasteiger partial charge on any atom is 0.288 e. The van der Waals surface area contributed by atoms with Crippen molar-refractivity contribution in [1.82, 2.24) is 4.98 Å². The molecule has 26 heavy (non-hydrogen) atoms. The van der Waals surface area contributed by atoms with Crippen LogP contribution in [-0.2, 0) is 0 Å². The number of rotatable bonds is 4. The Morgan fingerprint density at radius 3 is 2.69 bits per heavy atom. The van der Waals surface area contributed by atoms with E-state index in [-0.39, 0.29) is 10.5 Å². The Balaban J connectivity index is 1.60. The van der Waals surface area contributed by atoms with Crippen molar-refractivity contribution < 1.29 is 23.0 Å². The molecule has 1 aliphatic heterocycles. The Kier molecular flexibility index (Phi) is 4.64. The van der Waals surface area contributed by atoms with Gasteiger partial charge in [-0.05, 0) is 12.1 Å². The third-order valence-corrected chi connectivity index (χ3v) is 5.34. The average molecular weight is 394 g/mol. The van der Waals surface area contributed by atoms with E-state index < -0.39 is 11.7 Å². The lowest BCUT2D eigenvalue weighted by atomic mass is 10.2. The van der Waals surface area contributed by atoms with Crippen LogP contribution < -0.4 is 14.8 Å². The van der Waals surface area contributed by atoms with E-state index in [1.165, 1.54) is 23.5 Å². The second-order valence-electron chi connectivity index (χ2n) is 5.31. The second kappa shape index (κ2) is 7.08. The van der Waals surface area contributed by atoms with Crippen molar-refractivity contribution in [2.75, 3.05) is 18.5 Å². The molecule has 9 heteroatoms. The molecule has 4 rings (SSSR count). The second-order valence-corrected chi connectivity index (χ2v) is 7.37. The number of benzene rings is 2. The number of nitrogens with one attached hydrogen (secondary N) is 1. The van der Waals surface area contributed by atoms with Gasteiger partial charge in [0.05, 0.1) is 15.8 Å². The Bertz CT molecular complexity index is 935. The molecular formula is C17H12F2N2O3S2. The highest BCUT2D eigenvalue weighted by molar-refractivity contribution is 7.99. The number of aromatic nitrogens is 1. The maximum absolute atomic E-state index is 12.7. The minimum Gasteiger partial charge on any atom is -0.486 e. The predicted octanol–water partition coefficient (Wildman–Crippen LogP) is 4.63. The molecule has 0 saturated carbocycles. The summed E-state index contributed by atoms with van der Waals surface area (Å²) in [5.74, 6) is -1.82. The van der Waals surface area contributed by atoms with Crippen LogP contribution >= 0.6 is 23.1 Å². The minimum absolute atomic E-state index is 0.183. The number of carbonyl (C=O) groups is 1. The van der Waals surface area contributed by atoms with Crippen LogP contribution in [0, 0.1) is 0 Å². The minimum atomic E-state index is -2.60. The van der Waals surface area contributed by atoms with Gasteiger partial charge in [0.2, 0.25) is 0 Å². The van der Waals surface area contributed by atoms with Gasteiger partial charge in [0, 0.05) is 17.0 Å². The molecule has 0 fully saturated rings. The largest absolute Gasteiger partial charge is 0.486 e. The zero-order valence-corrected chi connectivity index (χ0v) is 14.8. The molecule has 1 aromatic heterocycles. The molecule has 0 atom stereocenters. The first-order valence-corrected chi connectivity index (χ1v) is 9.35. The van der Waals surface area contributed by atoms with Crippen LogP contribution in [0.2, 0.25) is 0 Å². The number of thioether (sulfide) groups is 1. The number of nitrogens with zero attached hydrogens (tertiary/aromatic N) is 1. The van der Waals surface area contributed by atoms with Gasteiger partial charge in [0.1, 0.15) is 13.2 Å². The summed E-state index contributed by atoms with van der Waals surface area (Å²) in [5, 5.41) is 3.06. The lowest BCUT2D eigenvalue weighted by Crippen LogP contribution is -2.15. The van der Waals surface area contributed by atoms with Gasteiger partial charge in [-0.3, -0.25) is 10.1 Å². The monoisotopic (exact) mass is 394 g/mol. The van der Waals surface area contributed by atoms with E-state index in [0.717, 1.165) is 4.70 Å². The average Bonchev–Trinajstić information content (AvgIpc) is 3.00. The van der Waals surface area contributed by atoms with Crippen molar-refractivity contribution >= 4 is 44.4 Å². The summed E-state index contributed by atoms with van der Waals surface area (Å²) < 4.78 is 37.2. The highest BCUT2D eigenvalue weighted by Crippen LogP contribution is 2.38. The third kappa shape index (κ3) is 3.45. The van der Waals surface area contributed by atoms with E-state index in [0.29, 0.717) is 47.1 Å². The zero-order valence-electron chi connectivity index (χ0n) is 13.2. The van der Waals surface area contributed by atoms with Crippen LogP contribution in [0.4, 0.5) is 13.9 Å². The molecule has 1 N–H and O–H groups in total. The zero-order chi connectivity index (χ0) is 18.1. The van der Waals surface area contributed by atoms with Crippen molar-refractivity contribution in [3.05, 3.63) is 42.0 Å². The molecule has 5 nitrogen and oxygen atoms in total. The summed E-state index contributed by atoms with van der Waals surface area (Å²) >= 11 is 1.62. The number of alkyl halides is 2. The van der Waals surface area contributed by atoms with Gasteiger partial charge < -0.3 is 9.47 Å². The lowest BCUT2D eigenvalue weighted by Gasteiger charge is -2.17. The number of anilines is 1. The Morgan fingerprint density at radius 1 is 1.19 bits per heavy atom. The molecule has 0 spiro atoms. The highest BCUT2D eigenvalue weighted by atomic mass is 32.2. The highest BCUT2D eigenvalue weighted by Gasteiger charge is 2.18. The van der Waals surface area contributed by atoms with Gasteiger partial charge in [-0.1, -0.05) is 35.2 Å². The van der Waals surface area contributed by atoms with Gasteiger partial charge in [-0.2, -0.15) is 8.78 Å². The van der Waals surface area contributed by atoms with Crippen molar-refractivity contribution in [3.63, 3.8) is 0 Å². The first kappa shape index (κ1) is 17.0. The molecule has 2 heterocycles. The Hall–Kier alpha value is -2.39. The summed E-state index contributed by atoms with van der Waals surface area (Å²) in [6.45, 7) is 0.963. The molecule has 2 aromatic carbocycles. The smallest absolute Gasteiger partial charge is 0.288 e. The van der Waals surface area contributed by atoms with Crippen molar-refractivity contribution in [1.29, 1.82) is 0 Å². The number of amides is 1. The van der Waals surface area contributed by atoms with Crippen LogP contribution in [-0.4, -0.2) is 29.9 Å². The fourth-order valence-electron chi connectivity index (χ4n) is 2.54. The summed E-state index contributed by atoms with van der Waals surface area (Å²) in [6.07, 6.45) is 0. The molecule has 0 bridgehead atoms. The summed E-state index contributed by atoms with van der Waals surface area (Å²) in [5.41, 5.74) is 0.854. The fraction of sp³-hybridized carbons (Fsp3) is 0.176. The number of halogens is 2. The molecule has 0 saturated heterocycles. The number of thiazole rings is 1. The molecule has 0 aliphatic carbocycles. The van der Waals surface area contributed by atoms with Crippen LogP contribution in [0.15, 0.2) is 41.3 Å². The molecule has 1 aliphatic rings. The van der Waals surface area contributed by atoms with Crippen LogP contribution in [0.25, 0.3) is 10.2 Å². The van der Waals surface area contributed by atoms with Crippen LogP contribution in [0.3, 0.4) is 0 Å². The van der Waals surface area contributed by atoms with Gasteiger partial charge in [-0.15, -0.1) is 0 Å². The number of carbonyl (C=O) groups excluding carboxylic acids is 1. The van der Waals surface area contributed by atoms with E-state index in [9.17, 15) is 13.6 Å². The predicted molar refractivity (Wildman–Crippen MR) is 96.9 cm³/mol. The van der Waals surface area contributed by atoms with Gasteiger partial charge in [0.25, 0.3) is 11.7 Å². The molecule has 134 valence electrons. The van der Waals surface area contributed by atoms with Crippen molar-refractivity contribution in [3.8, 4) is 11.5 Å². The first-order valence-electron chi connectivity index (χ1n) is 7.65. The Labute approximate surface area is 155 Å². The van der Waals surface area contributed by atoms with Gasteiger partial charge in [0.15, 0.2) is 16.6 Å². The molecular weight excluding hydrogens is 382 g/mol. The topological polar surface area (TPSA) is 60.5 Å². The van der Waals surface area contributed by atoms with Gasteiger partial charge in [-0.25, -0.2) is 4.98 Å². The Morgan fingerprint density at radius 2 is 1.92 bits per heavy atom. The van der Waals surface area contributed by atoms with Crippen molar-refractivity contribution in [2.45, 2.75) is 10.7 Å². The summed E-state index contributed by atoms with van der Waals surface area (Å²) in [4.78, 5) is 17.1. The standard InChI is InChI=1S/C17H12F2N2O3S2/c18-16(19)25-13-4-2-1-3-9(13)15(22)21-17-20-10-7-11-12(8-14(10)26-17)24-6-5-23-11/h1-4,7-8,16H,5-6H2,(H,20,21,22). The fourth-order valence-corrected chi connectivity index (χ4v) is 4.04. The summed E-state index contributed by atoms with van der Waals surface area (Å²) in [7, 11) is 0. The van der Waals surface area contributed by atoms with E-state index >= 15 is 0 Å². The molecule has 1 amide bonds. The van der Waals surface area contributed by atoms with E-state index in [1.807, 2.05) is 6.07 Å². The van der Waals surface area contributed by atoms with E-state index in [4.69, 9.17) is 9.47 Å². The van der Waals surface area contributed by atoms with Gasteiger partial charge >= 0.3 is 0 Å². The maximum atomic E-state index is 12.7. The van der Waals surface area contributed by atoms with Crippen molar-refractivity contribution in [2.24, 2.45) is 0 Å². The number of fused-ring (bicyclic) bond motifs is 2. The SMILES string of the molecule is O=C(Nc1nc2cc3c(cc2s1)OCCO3)c1ccccc1SC(F)F. The molecule has 0 radical (unpaired) electrons. The number of hydrogen-bond acceptors (Lipinski definition) is 6. The third-order valence-electron chi connectivity index (χ3n) is 3.62. The summed E-state index contributed by atoms with van der Waals surface area (Å²) in [6, 6.07) is 9.82. The molecule has 0 unspecified atom stereocenters. The number of hydrogen-bond donors (Lipinski definition) is 1.